The number of rotatable bonds is 5. The van der Waals surface area contributed by atoms with Gasteiger partial charge in [0.1, 0.15) is 0 Å². The average Bonchev–Trinajstić information content (AvgIpc) is 2.82. The molecule has 1 aliphatic rings. The minimum atomic E-state index is -3.44. The Labute approximate surface area is 130 Å². The SMILES string of the molecule is CC(C)(C)NS(=O)(=O)CCNC(=O)c1ccc2c(c1)OCO2. The zero-order valence-corrected chi connectivity index (χ0v) is 13.6. The van der Waals surface area contributed by atoms with E-state index in [0.717, 1.165) is 0 Å². The van der Waals surface area contributed by atoms with Gasteiger partial charge < -0.3 is 14.8 Å². The second kappa shape index (κ2) is 6.13. The van der Waals surface area contributed by atoms with Crippen LogP contribution in [0, 0.1) is 0 Å². The predicted octanol–water partition coefficient (Wildman–Crippen LogP) is 0.863. The Bertz CT molecular complexity index is 664. The van der Waals surface area contributed by atoms with E-state index in [-0.39, 0.29) is 25.0 Å². The molecule has 1 aromatic carbocycles. The standard InChI is InChI=1S/C14H20N2O5S/c1-14(2,3)16-22(18,19)7-6-15-13(17)10-4-5-11-12(8-10)21-9-20-11/h4-5,8,16H,6-7,9H2,1-3H3,(H,15,17). The molecule has 1 aliphatic heterocycles. The van der Waals surface area contributed by atoms with Crippen LogP contribution in [-0.4, -0.2) is 39.0 Å². The summed E-state index contributed by atoms with van der Waals surface area (Å²) in [7, 11) is -3.44. The topological polar surface area (TPSA) is 93.7 Å². The number of fused-ring (bicyclic) bond motifs is 1. The van der Waals surface area contributed by atoms with Crippen LogP contribution in [0.5, 0.6) is 11.5 Å². The molecule has 0 saturated carbocycles. The fourth-order valence-electron chi connectivity index (χ4n) is 1.96. The first kappa shape index (κ1) is 16.6. The van der Waals surface area contributed by atoms with E-state index in [0.29, 0.717) is 17.1 Å². The predicted molar refractivity (Wildman–Crippen MR) is 81.6 cm³/mol. The van der Waals surface area contributed by atoms with Crippen molar-refractivity contribution >= 4 is 15.9 Å². The largest absolute Gasteiger partial charge is 0.454 e. The fraction of sp³-hybridized carbons (Fsp3) is 0.500. The zero-order chi connectivity index (χ0) is 16.4. The van der Waals surface area contributed by atoms with E-state index in [1.807, 2.05) is 0 Å². The van der Waals surface area contributed by atoms with Crippen LogP contribution in [0.25, 0.3) is 0 Å². The summed E-state index contributed by atoms with van der Waals surface area (Å²) in [6, 6.07) is 4.82. The van der Waals surface area contributed by atoms with E-state index in [2.05, 4.69) is 10.0 Å². The normalized spacial score (nSPS) is 14.0. The van der Waals surface area contributed by atoms with Crippen molar-refractivity contribution in [3.8, 4) is 11.5 Å². The van der Waals surface area contributed by atoms with Gasteiger partial charge in [0, 0.05) is 17.6 Å². The van der Waals surface area contributed by atoms with Crippen LogP contribution in [0.2, 0.25) is 0 Å². The van der Waals surface area contributed by atoms with E-state index < -0.39 is 15.6 Å². The van der Waals surface area contributed by atoms with E-state index >= 15 is 0 Å². The van der Waals surface area contributed by atoms with Crippen LogP contribution in [0.4, 0.5) is 0 Å². The molecule has 0 aliphatic carbocycles. The maximum absolute atomic E-state index is 12.0. The van der Waals surface area contributed by atoms with Gasteiger partial charge in [-0.05, 0) is 39.0 Å². The molecular formula is C14H20N2O5S. The number of sulfonamides is 1. The van der Waals surface area contributed by atoms with Crippen molar-refractivity contribution in [3.63, 3.8) is 0 Å². The van der Waals surface area contributed by atoms with Gasteiger partial charge in [-0.15, -0.1) is 0 Å². The molecule has 122 valence electrons. The molecule has 8 heteroatoms. The van der Waals surface area contributed by atoms with Crippen molar-refractivity contribution in [1.29, 1.82) is 0 Å². The highest BCUT2D eigenvalue weighted by atomic mass is 32.2. The molecule has 7 nitrogen and oxygen atoms in total. The van der Waals surface area contributed by atoms with Gasteiger partial charge in [0.25, 0.3) is 5.91 Å². The van der Waals surface area contributed by atoms with E-state index in [1.54, 1.807) is 39.0 Å². The molecule has 0 saturated heterocycles. The summed E-state index contributed by atoms with van der Waals surface area (Å²) in [6.07, 6.45) is 0. The first-order chi connectivity index (χ1) is 10.2. The Hall–Kier alpha value is -1.80. The van der Waals surface area contributed by atoms with Gasteiger partial charge in [0.2, 0.25) is 16.8 Å². The van der Waals surface area contributed by atoms with Gasteiger partial charge in [-0.3, -0.25) is 4.79 Å². The highest BCUT2D eigenvalue weighted by Crippen LogP contribution is 2.32. The van der Waals surface area contributed by atoms with E-state index in [9.17, 15) is 13.2 Å². The number of hydrogen-bond acceptors (Lipinski definition) is 5. The van der Waals surface area contributed by atoms with E-state index in [4.69, 9.17) is 9.47 Å². The van der Waals surface area contributed by atoms with Crippen molar-refractivity contribution in [2.45, 2.75) is 26.3 Å². The second-order valence-electron chi connectivity index (χ2n) is 5.99. The Morgan fingerprint density at radius 1 is 1.23 bits per heavy atom. The molecule has 2 N–H and O–H groups in total. The molecule has 0 unspecified atom stereocenters. The monoisotopic (exact) mass is 328 g/mol. The molecule has 1 amide bonds. The summed E-state index contributed by atoms with van der Waals surface area (Å²) in [6.45, 7) is 5.44. The van der Waals surface area contributed by atoms with Gasteiger partial charge in [-0.2, -0.15) is 0 Å². The first-order valence-electron chi connectivity index (χ1n) is 6.86. The number of carbonyl (C=O) groups is 1. The fourth-order valence-corrected chi connectivity index (χ4v) is 3.36. The minimum Gasteiger partial charge on any atom is -0.454 e. The lowest BCUT2D eigenvalue weighted by molar-refractivity contribution is 0.0955. The van der Waals surface area contributed by atoms with Crippen LogP contribution >= 0.6 is 0 Å². The molecule has 1 heterocycles. The van der Waals surface area contributed by atoms with Crippen molar-refractivity contribution in [1.82, 2.24) is 10.0 Å². The Morgan fingerprint density at radius 2 is 1.91 bits per heavy atom. The second-order valence-corrected chi connectivity index (χ2v) is 7.84. The Morgan fingerprint density at radius 3 is 2.59 bits per heavy atom. The number of amides is 1. The van der Waals surface area contributed by atoms with Crippen molar-refractivity contribution < 1.29 is 22.7 Å². The maximum Gasteiger partial charge on any atom is 0.251 e. The van der Waals surface area contributed by atoms with Gasteiger partial charge in [0.05, 0.1) is 5.75 Å². The van der Waals surface area contributed by atoms with Gasteiger partial charge in [-0.1, -0.05) is 0 Å². The summed E-state index contributed by atoms with van der Waals surface area (Å²) < 4.78 is 36.5. The van der Waals surface area contributed by atoms with Crippen LogP contribution in [-0.2, 0) is 10.0 Å². The number of ether oxygens (including phenoxy) is 2. The summed E-state index contributed by atoms with van der Waals surface area (Å²) in [5.41, 5.74) is -0.148. The highest BCUT2D eigenvalue weighted by Gasteiger charge is 2.20. The first-order valence-corrected chi connectivity index (χ1v) is 8.51. The average molecular weight is 328 g/mol. The molecule has 0 spiro atoms. The lowest BCUT2D eigenvalue weighted by atomic mass is 10.1. The summed E-state index contributed by atoms with van der Waals surface area (Å²) in [5.74, 6) is 0.563. The van der Waals surface area contributed by atoms with Gasteiger partial charge in [-0.25, -0.2) is 13.1 Å². The molecule has 1 aromatic rings. The van der Waals surface area contributed by atoms with Crippen LogP contribution < -0.4 is 19.5 Å². The van der Waals surface area contributed by atoms with Gasteiger partial charge in [0.15, 0.2) is 11.5 Å². The zero-order valence-electron chi connectivity index (χ0n) is 12.8. The smallest absolute Gasteiger partial charge is 0.251 e. The van der Waals surface area contributed by atoms with Crippen molar-refractivity contribution in [2.75, 3.05) is 19.1 Å². The van der Waals surface area contributed by atoms with E-state index in [1.165, 1.54) is 0 Å². The molecular weight excluding hydrogens is 308 g/mol. The lowest BCUT2D eigenvalue weighted by Gasteiger charge is -2.20. The summed E-state index contributed by atoms with van der Waals surface area (Å²) in [4.78, 5) is 12.0. The number of hydrogen-bond donors (Lipinski definition) is 2. The Kier molecular flexibility index (Phi) is 4.62. The van der Waals surface area contributed by atoms with Crippen molar-refractivity contribution in [2.24, 2.45) is 0 Å². The highest BCUT2D eigenvalue weighted by molar-refractivity contribution is 7.89. The third-order valence-electron chi connectivity index (χ3n) is 2.75. The number of nitrogens with one attached hydrogen (secondary N) is 2. The van der Waals surface area contributed by atoms with Crippen LogP contribution in [0.15, 0.2) is 18.2 Å². The van der Waals surface area contributed by atoms with Gasteiger partial charge >= 0.3 is 0 Å². The lowest BCUT2D eigenvalue weighted by Crippen LogP contribution is -2.43. The molecule has 0 atom stereocenters. The molecule has 0 radical (unpaired) electrons. The summed E-state index contributed by atoms with van der Waals surface area (Å²) in [5, 5.41) is 2.58. The number of benzene rings is 1. The summed E-state index contributed by atoms with van der Waals surface area (Å²) >= 11 is 0. The number of carbonyl (C=O) groups excluding carboxylic acids is 1. The molecule has 0 bridgehead atoms. The molecule has 0 aromatic heterocycles. The van der Waals surface area contributed by atoms with Crippen molar-refractivity contribution in [3.05, 3.63) is 23.8 Å². The molecule has 0 fully saturated rings. The maximum atomic E-state index is 12.0. The minimum absolute atomic E-state index is 0.0265. The molecule has 2 rings (SSSR count). The van der Waals surface area contributed by atoms with Crippen LogP contribution in [0.1, 0.15) is 31.1 Å². The third-order valence-corrected chi connectivity index (χ3v) is 4.42. The quantitative estimate of drug-likeness (QED) is 0.836. The Balaban J connectivity index is 1.88. The van der Waals surface area contributed by atoms with Crippen LogP contribution in [0.3, 0.4) is 0 Å². The molecule has 22 heavy (non-hydrogen) atoms. The third kappa shape index (κ3) is 4.60.